The van der Waals surface area contributed by atoms with Crippen molar-refractivity contribution in [1.82, 2.24) is 5.32 Å². The second-order valence-corrected chi connectivity index (χ2v) is 19.7. The first-order chi connectivity index (χ1) is 33.7. The summed E-state index contributed by atoms with van der Waals surface area (Å²) in [5, 5.41) is 76.0. The zero-order chi connectivity index (χ0) is 50.4. The summed E-state index contributed by atoms with van der Waals surface area (Å²) >= 11 is 0. The van der Waals surface area contributed by atoms with Crippen molar-refractivity contribution in [3.8, 4) is 0 Å². The molecule has 1 heterocycles. The SMILES string of the molecule is CCCCC/C=C\C=C/CCCCCCCCCCCC(O)C(=O)NC(COC1OC(CO)C(O)C(O)C1O)C(O)C(O)CCC/C=C/CC/C=C/CC/C=C/CCCCCCCCCCCCC. The Morgan fingerprint density at radius 2 is 0.913 bits per heavy atom. The van der Waals surface area contributed by atoms with Crippen LogP contribution >= 0.6 is 0 Å². The third-order valence-electron chi connectivity index (χ3n) is 13.3. The van der Waals surface area contributed by atoms with E-state index in [1.54, 1.807) is 0 Å². The van der Waals surface area contributed by atoms with E-state index in [0.717, 1.165) is 57.8 Å². The maximum atomic E-state index is 13.2. The van der Waals surface area contributed by atoms with Crippen LogP contribution in [0.15, 0.2) is 60.8 Å². The number of carbonyl (C=O) groups is 1. The molecular formula is C58H105NO10. The molecule has 402 valence electrons. The highest BCUT2D eigenvalue weighted by Gasteiger charge is 2.44. The van der Waals surface area contributed by atoms with Gasteiger partial charge in [-0.25, -0.2) is 0 Å². The Bertz CT molecular complexity index is 1300. The standard InChI is InChI=1S/C58H105NO10/c1-3-5-7-9-11-13-15-17-19-21-23-24-25-26-27-28-30-31-33-35-37-39-41-43-45-50(61)53(63)49(48-68-58-56(66)55(65)54(64)52(47-60)69-58)59-57(67)51(62)46-44-42-40-38-36-34-32-29-22-20-18-16-14-12-10-8-6-4-2/h12,14,16,18,25-26,30-31,37,39,49-56,58,60-66H,3-11,13,15,17,19-24,27-29,32-36,38,40-48H2,1-2H3,(H,59,67)/b14-12-,18-16-,26-25+,31-30+,39-37+. The van der Waals surface area contributed by atoms with E-state index in [-0.39, 0.29) is 12.8 Å². The molecule has 0 aromatic carbocycles. The predicted molar refractivity (Wildman–Crippen MR) is 284 cm³/mol. The van der Waals surface area contributed by atoms with Gasteiger partial charge < -0.3 is 50.5 Å². The maximum Gasteiger partial charge on any atom is 0.249 e. The van der Waals surface area contributed by atoms with Gasteiger partial charge in [-0.05, 0) is 89.9 Å². The molecule has 1 aliphatic rings. The van der Waals surface area contributed by atoms with Gasteiger partial charge in [0.05, 0.1) is 25.4 Å². The average Bonchev–Trinajstić information content (AvgIpc) is 3.35. The Hall–Kier alpha value is -2.19. The van der Waals surface area contributed by atoms with Crippen molar-refractivity contribution in [2.24, 2.45) is 0 Å². The highest BCUT2D eigenvalue weighted by Crippen LogP contribution is 2.23. The minimum Gasteiger partial charge on any atom is -0.394 e. The molecule has 8 N–H and O–H groups in total. The third kappa shape index (κ3) is 35.6. The fourth-order valence-corrected chi connectivity index (χ4v) is 8.64. The number of ether oxygens (including phenoxy) is 2. The van der Waals surface area contributed by atoms with Crippen molar-refractivity contribution in [2.45, 2.75) is 287 Å². The van der Waals surface area contributed by atoms with Crippen LogP contribution in [0.1, 0.15) is 232 Å². The van der Waals surface area contributed by atoms with Gasteiger partial charge in [-0.1, -0.05) is 203 Å². The van der Waals surface area contributed by atoms with Crippen LogP contribution in [0, 0.1) is 0 Å². The first kappa shape index (κ1) is 64.8. The number of hydrogen-bond donors (Lipinski definition) is 8. The van der Waals surface area contributed by atoms with E-state index in [2.05, 4.69) is 79.9 Å². The molecule has 0 bridgehead atoms. The van der Waals surface area contributed by atoms with Gasteiger partial charge in [-0.15, -0.1) is 0 Å². The molecular weight excluding hydrogens is 871 g/mol. The molecule has 1 amide bonds. The fraction of sp³-hybridized carbons (Fsp3) is 0.810. The van der Waals surface area contributed by atoms with Crippen molar-refractivity contribution >= 4 is 5.91 Å². The summed E-state index contributed by atoms with van der Waals surface area (Å²) in [4.78, 5) is 13.2. The van der Waals surface area contributed by atoms with E-state index in [1.807, 2.05) is 0 Å². The first-order valence-electron chi connectivity index (χ1n) is 28.2. The van der Waals surface area contributed by atoms with Crippen molar-refractivity contribution in [2.75, 3.05) is 13.2 Å². The van der Waals surface area contributed by atoms with Gasteiger partial charge >= 0.3 is 0 Å². The van der Waals surface area contributed by atoms with Crippen LogP contribution in [-0.4, -0.2) is 110 Å². The molecule has 11 heteroatoms. The van der Waals surface area contributed by atoms with E-state index in [9.17, 15) is 40.5 Å². The number of nitrogens with one attached hydrogen (secondary N) is 1. The van der Waals surface area contributed by atoms with Gasteiger partial charge in [-0.3, -0.25) is 4.79 Å². The summed E-state index contributed by atoms with van der Waals surface area (Å²) in [7, 11) is 0. The number of aliphatic hydroxyl groups excluding tert-OH is 7. The molecule has 0 aromatic heterocycles. The number of aliphatic hydroxyl groups is 7. The second kappa shape index (κ2) is 46.9. The molecule has 11 nitrogen and oxygen atoms in total. The number of amides is 1. The Balaban J connectivity index is 2.38. The highest BCUT2D eigenvalue weighted by molar-refractivity contribution is 5.80. The third-order valence-corrected chi connectivity index (χ3v) is 13.3. The Labute approximate surface area is 421 Å². The van der Waals surface area contributed by atoms with E-state index in [1.165, 1.54) is 128 Å². The van der Waals surface area contributed by atoms with E-state index in [0.29, 0.717) is 19.3 Å². The smallest absolute Gasteiger partial charge is 0.249 e. The van der Waals surface area contributed by atoms with Crippen LogP contribution in [0.3, 0.4) is 0 Å². The van der Waals surface area contributed by atoms with Gasteiger partial charge in [0.1, 0.15) is 36.6 Å². The largest absolute Gasteiger partial charge is 0.394 e. The lowest BCUT2D eigenvalue weighted by Gasteiger charge is -2.40. The molecule has 0 aliphatic carbocycles. The summed E-state index contributed by atoms with van der Waals surface area (Å²) in [5.41, 5.74) is 0. The molecule has 1 saturated heterocycles. The van der Waals surface area contributed by atoms with Gasteiger partial charge in [0.25, 0.3) is 0 Å². The van der Waals surface area contributed by atoms with Crippen molar-refractivity contribution in [3.05, 3.63) is 60.8 Å². The summed E-state index contributed by atoms with van der Waals surface area (Å²) in [6.45, 7) is 3.41. The molecule has 9 atom stereocenters. The molecule has 0 aromatic rings. The highest BCUT2D eigenvalue weighted by atomic mass is 16.7. The Morgan fingerprint density at radius 3 is 1.41 bits per heavy atom. The molecule has 69 heavy (non-hydrogen) atoms. The van der Waals surface area contributed by atoms with E-state index >= 15 is 0 Å². The summed E-state index contributed by atoms with van der Waals surface area (Å²) in [6.07, 6.45) is 48.4. The molecule has 1 fully saturated rings. The topological polar surface area (TPSA) is 189 Å². The molecule has 1 rings (SSSR count). The van der Waals surface area contributed by atoms with Crippen molar-refractivity contribution in [1.29, 1.82) is 0 Å². The number of carbonyl (C=O) groups excluding carboxylic acids is 1. The second-order valence-electron chi connectivity index (χ2n) is 19.7. The Kier molecular flexibility index (Phi) is 44.0. The Morgan fingerprint density at radius 1 is 0.507 bits per heavy atom. The van der Waals surface area contributed by atoms with Gasteiger partial charge in [-0.2, -0.15) is 0 Å². The quantitative estimate of drug-likeness (QED) is 0.0166. The van der Waals surface area contributed by atoms with Gasteiger partial charge in [0.2, 0.25) is 5.91 Å². The van der Waals surface area contributed by atoms with Crippen LogP contribution in [0.2, 0.25) is 0 Å². The fourth-order valence-electron chi connectivity index (χ4n) is 8.64. The van der Waals surface area contributed by atoms with E-state index in [4.69, 9.17) is 9.47 Å². The van der Waals surface area contributed by atoms with Crippen LogP contribution < -0.4 is 5.32 Å². The van der Waals surface area contributed by atoms with Crippen LogP contribution in [0.25, 0.3) is 0 Å². The number of unbranched alkanes of at least 4 members (excludes halogenated alkanes) is 26. The number of rotatable bonds is 47. The predicted octanol–water partition coefficient (Wildman–Crippen LogP) is 11.5. The summed E-state index contributed by atoms with van der Waals surface area (Å²) in [6, 6.07) is -1.20. The molecule has 0 radical (unpaired) electrons. The zero-order valence-corrected chi connectivity index (χ0v) is 43.8. The molecule has 0 saturated carbocycles. The van der Waals surface area contributed by atoms with Crippen molar-refractivity contribution < 1.29 is 50.0 Å². The molecule has 1 aliphatic heterocycles. The number of hydrogen-bond acceptors (Lipinski definition) is 10. The average molecular weight is 976 g/mol. The number of allylic oxidation sites excluding steroid dienone is 10. The van der Waals surface area contributed by atoms with E-state index < -0.39 is 74.2 Å². The molecule has 0 spiro atoms. The van der Waals surface area contributed by atoms with Crippen LogP contribution in [0.4, 0.5) is 0 Å². The lowest BCUT2D eigenvalue weighted by molar-refractivity contribution is -0.303. The molecule has 9 unspecified atom stereocenters. The minimum atomic E-state index is -1.68. The van der Waals surface area contributed by atoms with Crippen LogP contribution in [-0.2, 0) is 14.3 Å². The summed E-state index contributed by atoms with van der Waals surface area (Å²) in [5.74, 6) is -0.718. The first-order valence-corrected chi connectivity index (χ1v) is 28.2. The van der Waals surface area contributed by atoms with Crippen LogP contribution in [0.5, 0.6) is 0 Å². The zero-order valence-electron chi connectivity index (χ0n) is 43.8. The van der Waals surface area contributed by atoms with Gasteiger partial charge in [0, 0.05) is 0 Å². The minimum absolute atomic E-state index is 0.238. The summed E-state index contributed by atoms with van der Waals surface area (Å²) < 4.78 is 11.1. The lowest BCUT2D eigenvalue weighted by atomic mass is 9.98. The van der Waals surface area contributed by atoms with Gasteiger partial charge in [0.15, 0.2) is 6.29 Å². The lowest BCUT2D eigenvalue weighted by Crippen LogP contribution is -2.60. The normalized spacial score (nSPS) is 20.9. The maximum absolute atomic E-state index is 13.2. The monoisotopic (exact) mass is 976 g/mol. The van der Waals surface area contributed by atoms with Crippen molar-refractivity contribution in [3.63, 3.8) is 0 Å².